The number of hydrogen-bond acceptors (Lipinski definition) is 4. The summed E-state index contributed by atoms with van der Waals surface area (Å²) in [6.45, 7) is 2.25. The molecule has 31 heavy (non-hydrogen) atoms. The van der Waals surface area contributed by atoms with E-state index in [1.54, 1.807) is 48.5 Å². The maximum absolute atomic E-state index is 13.1. The van der Waals surface area contributed by atoms with Gasteiger partial charge in [0.15, 0.2) is 12.4 Å². The predicted octanol–water partition coefficient (Wildman–Crippen LogP) is 3.82. The van der Waals surface area contributed by atoms with Gasteiger partial charge in [0.1, 0.15) is 11.6 Å². The van der Waals surface area contributed by atoms with E-state index in [1.807, 2.05) is 6.92 Å². The number of hydrogen-bond donors (Lipinski definition) is 2. The van der Waals surface area contributed by atoms with E-state index in [-0.39, 0.29) is 35.0 Å². The summed E-state index contributed by atoms with van der Waals surface area (Å²) in [5.41, 5.74) is 1.21. The van der Waals surface area contributed by atoms with E-state index < -0.39 is 11.7 Å². The third-order valence-electron chi connectivity index (χ3n) is 4.38. The summed E-state index contributed by atoms with van der Waals surface area (Å²) in [4.78, 5) is 37.0. The van der Waals surface area contributed by atoms with Crippen LogP contribution in [-0.2, 0) is 4.79 Å². The van der Waals surface area contributed by atoms with Gasteiger partial charge in [-0.15, -0.1) is 0 Å². The zero-order chi connectivity index (χ0) is 22.2. The average Bonchev–Trinajstić information content (AvgIpc) is 2.79. The van der Waals surface area contributed by atoms with Crippen LogP contribution < -0.4 is 15.4 Å². The number of nitrogens with one attached hydrogen (secondary N) is 2. The summed E-state index contributed by atoms with van der Waals surface area (Å²) in [6, 6.07) is 18.1. The lowest BCUT2D eigenvalue weighted by Gasteiger charge is -2.11. The Morgan fingerprint density at radius 3 is 2.16 bits per heavy atom. The molecule has 0 saturated carbocycles. The van der Waals surface area contributed by atoms with Crippen molar-refractivity contribution in [3.63, 3.8) is 0 Å². The van der Waals surface area contributed by atoms with E-state index in [4.69, 9.17) is 4.74 Å². The molecule has 0 fully saturated rings. The van der Waals surface area contributed by atoms with Crippen molar-refractivity contribution < 1.29 is 23.5 Å². The Morgan fingerprint density at radius 1 is 0.871 bits per heavy atom. The number of ether oxygens (including phenoxy) is 1. The number of ketones is 1. The van der Waals surface area contributed by atoms with Gasteiger partial charge >= 0.3 is 0 Å². The molecule has 6 nitrogen and oxygen atoms in total. The van der Waals surface area contributed by atoms with Crippen molar-refractivity contribution in [1.82, 2.24) is 5.32 Å². The Kier molecular flexibility index (Phi) is 7.11. The second kappa shape index (κ2) is 10.2. The van der Waals surface area contributed by atoms with Gasteiger partial charge in [0.05, 0.1) is 5.56 Å². The summed E-state index contributed by atoms with van der Waals surface area (Å²) < 4.78 is 18.5. The maximum atomic E-state index is 13.1. The molecule has 0 spiro atoms. The van der Waals surface area contributed by atoms with Crippen molar-refractivity contribution in [3.05, 3.63) is 95.3 Å². The summed E-state index contributed by atoms with van der Waals surface area (Å²) in [5, 5.41) is 5.37. The zero-order valence-corrected chi connectivity index (χ0v) is 16.9. The van der Waals surface area contributed by atoms with Crippen LogP contribution in [0, 0.1) is 5.82 Å². The van der Waals surface area contributed by atoms with E-state index in [2.05, 4.69) is 10.6 Å². The molecule has 0 aliphatic carbocycles. The van der Waals surface area contributed by atoms with E-state index in [1.165, 1.54) is 24.3 Å². The lowest BCUT2D eigenvalue weighted by molar-refractivity contribution is -0.122. The monoisotopic (exact) mass is 420 g/mol. The van der Waals surface area contributed by atoms with E-state index in [0.29, 0.717) is 18.0 Å². The van der Waals surface area contributed by atoms with Crippen molar-refractivity contribution in [1.29, 1.82) is 0 Å². The van der Waals surface area contributed by atoms with Crippen LogP contribution in [0.4, 0.5) is 10.1 Å². The second-order valence-electron chi connectivity index (χ2n) is 6.60. The van der Waals surface area contributed by atoms with Crippen molar-refractivity contribution in [2.75, 3.05) is 18.5 Å². The van der Waals surface area contributed by atoms with Gasteiger partial charge in [0, 0.05) is 23.4 Å². The minimum absolute atomic E-state index is 0.0988. The average molecular weight is 420 g/mol. The number of benzene rings is 3. The lowest BCUT2D eigenvalue weighted by Crippen LogP contribution is -2.28. The number of carbonyl (C=O) groups is 3. The molecule has 0 aliphatic rings. The molecule has 2 amide bonds. The molecule has 3 aromatic rings. The summed E-state index contributed by atoms with van der Waals surface area (Å²) in [7, 11) is 0. The number of likely N-dealkylation sites (N-methyl/N-ethyl adjacent to an activating group) is 1. The molecule has 0 bridgehead atoms. The minimum Gasteiger partial charge on any atom is -0.484 e. The molecule has 0 aliphatic heterocycles. The molecule has 3 rings (SSSR count). The predicted molar refractivity (Wildman–Crippen MR) is 115 cm³/mol. The molecule has 0 saturated heterocycles. The molecule has 7 heteroatoms. The number of halogens is 1. The van der Waals surface area contributed by atoms with Crippen molar-refractivity contribution in [2.45, 2.75) is 6.92 Å². The number of anilines is 1. The van der Waals surface area contributed by atoms with Crippen molar-refractivity contribution in [3.8, 4) is 5.75 Å². The van der Waals surface area contributed by atoms with E-state index in [0.717, 1.165) is 0 Å². The van der Waals surface area contributed by atoms with Gasteiger partial charge in [-0.3, -0.25) is 14.4 Å². The quantitative estimate of drug-likeness (QED) is 0.543. The SMILES string of the molecule is CCNC(=O)COc1ccc(NC(=O)c2ccccc2C(=O)c2ccc(F)cc2)cc1. The highest BCUT2D eigenvalue weighted by atomic mass is 19.1. The molecule has 0 aromatic heterocycles. The third kappa shape index (κ3) is 5.76. The van der Waals surface area contributed by atoms with Crippen molar-refractivity contribution in [2.24, 2.45) is 0 Å². The number of amides is 2. The normalized spacial score (nSPS) is 10.3. The molecule has 158 valence electrons. The summed E-state index contributed by atoms with van der Waals surface area (Å²) in [5.74, 6) is -1.01. The molecule has 0 radical (unpaired) electrons. The number of rotatable bonds is 8. The molecule has 0 unspecified atom stereocenters. The fourth-order valence-corrected chi connectivity index (χ4v) is 2.87. The Balaban J connectivity index is 1.70. The van der Waals surface area contributed by atoms with Crippen LogP contribution in [0.1, 0.15) is 33.2 Å². The highest BCUT2D eigenvalue weighted by Crippen LogP contribution is 2.19. The fraction of sp³-hybridized carbons (Fsp3) is 0.125. The highest BCUT2D eigenvalue weighted by molar-refractivity contribution is 6.17. The van der Waals surface area contributed by atoms with Gasteiger partial charge in [-0.2, -0.15) is 0 Å². The second-order valence-corrected chi connectivity index (χ2v) is 6.60. The minimum atomic E-state index is -0.456. The lowest BCUT2D eigenvalue weighted by atomic mass is 9.98. The van der Waals surface area contributed by atoms with Crippen molar-refractivity contribution >= 4 is 23.3 Å². The van der Waals surface area contributed by atoms with Crippen LogP contribution in [0.25, 0.3) is 0 Å². The van der Waals surface area contributed by atoms with Crippen LogP contribution in [0.2, 0.25) is 0 Å². The fourth-order valence-electron chi connectivity index (χ4n) is 2.87. The first kappa shape index (κ1) is 21.7. The standard InChI is InChI=1S/C24H21FN2O4/c1-2-26-22(28)15-31-19-13-11-18(12-14-19)27-24(30)21-6-4-3-5-20(21)23(29)16-7-9-17(25)10-8-16/h3-14H,2,15H2,1H3,(H,26,28)(H,27,30). The van der Waals surface area contributed by atoms with E-state index >= 15 is 0 Å². The molecule has 3 aromatic carbocycles. The maximum Gasteiger partial charge on any atom is 0.257 e. The van der Waals surface area contributed by atoms with Gasteiger partial charge in [0.25, 0.3) is 11.8 Å². The Morgan fingerprint density at radius 2 is 1.52 bits per heavy atom. The summed E-state index contributed by atoms with van der Waals surface area (Å²) in [6.07, 6.45) is 0. The van der Waals surface area contributed by atoms with Crippen LogP contribution in [0.15, 0.2) is 72.8 Å². The Labute approximate surface area is 179 Å². The highest BCUT2D eigenvalue weighted by Gasteiger charge is 2.18. The summed E-state index contributed by atoms with van der Waals surface area (Å²) >= 11 is 0. The first-order valence-corrected chi connectivity index (χ1v) is 9.68. The molecule has 0 atom stereocenters. The van der Waals surface area contributed by atoms with Crippen LogP contribution in [0.5, 0.6) is 5.75 Å². The molecular formula is C24H21FN2O4. The van der Waals surface area contributed by atoms with Crippen LogP contribution in [-0.4, -0.2) is 30.7 Å². The van der Waals surface area contributed by atoms with E-state index in [9.17, 15) is 18.8 Å². The molecule has 2 N–H and O–H groups in total. The largest absolute Gasteiger partial charge is 0.484 e. The zero-order valence-electron chi connectivity index (χ0n) is 16.9. The van der Waals surface area contributed by atoms with Gasteiger partial charge in [0.2, 0.25) is 0 Å². The number of carbonyl (C=O) groups excluding carboxylic acids is 3. The molecular weight excluding hydrogens is 399 g/mol. The van der Waals surface area contributed by atoms with Crippen LogP contribution in [0.3, 0.4) is 0 Å². The Bertz CT molecular complexity index is 1080. The first-order valence-electron chi connectivity index (χ1n) is 9.68. The van der Waals surface area contributed by atoms with Gasteiger partial charge in [-0.1, -0.05) is 18.2 Å². The van der Waals surface area contributed by atoms with Gasteiger partial charge in [-0.05, 0) is 61.5 Å². The Hall–Kier alpha value is -4.00. The first-order chi connectivity index (χ1) is 15.0. The topological polar surface area (TPSA) is 84.5 Å². The van der Waals surface area contributed by atoms with Gasteiger partial charge < -0.3 is 15.4 Å². The molecule has 0 heterocycles. The van der Waals surface area contributed by atoms with Gasteiger partial charge in [-0.25, -0.2) is 4.39 Å². The van der Waals surface area contributed by atoms with Crippen LogP contribution >= 0.6 is 0 Å². The smallest absolute Gasteiger partial charge is 0.257 e. The third-order valence-corrected chi connectivity index (χ3v) is 4.38.